The van der Waals surface area contributed by atoms with Crippen LogP contribution in [0.3, 0.4) is 0 Å². The first-order chi connectivity index (χ1) is 11.2. The van der Waals surface area contributed by atoms with E-state index in [-0.39, 0.29) is 12.0 Å². The van der Waals surface area contributed by atoms with Crippen LogP contribution in [0, 0.1) is 6.92 Å². The first-order valence-electron chi connectivity index (χ1n) is 8.25. The number of hydrogen-bond acceptors (Lipinski definition) is 3. The number of H-pyrrole nitrogens is 1. The summed E-state index contributed by atoms with van der Waals surface area (Å²) in [6.45, 7) is 3.68. The van der Waals surface area contributed by atoms with Crippen LogP contribution in [0.15, 0.2) is 24.4 Å². The minimum Gasteiger partial charge on any atom is -0.367 e. The van der Waals surface area contributed by atoms with Gasteiger partial charge in [0.2, 0.25) is 0 Å². The van der Waals surface area contributed by atoms with Crippen LogP contribution < -0.4 is 0 Å². The van der Waals surface area contributed by atoms with Crippen LogP contribution in [-0.4, -0.2) is 40.5 Å². The average Bonchev–Trinajstić information content (AvgIpc) is 3.22. The van der Waals surface area contributed by atoms with Gasteiger partial charge in [0.1, 0.15) is 11.9 Å². The van der Waals surface area contributed by atoms with E-state index in [1.807, 2.05) is 17.9 Å². The molecule has 2 aliphatic rings. The van der Waals surface area contributed by atoms with Crippen LogP contribution in [0.5, 0.6) is 0 Å². The van der Waals surface area contributed by atoms with E-state index in [4.69, 9.17) is 4.74 Å². The number of carbonyl (C=O) groups is 1. The Hall–Kier alpha value is -2.14. The lowest BCUT2D eigenvalue weighted by Gasteiger charge is -2.32. The van der Waals surface area contributed by atoms with Crippen molar-refractivity contribution in [3.8, 4) is 0 Å². The highest BCUT2D eigenvalue weighted by atomic mass is 16.5. The molecule has 1 aromatic carbocycles. The molecule has 4 rings (SSSR count). The summed E-state index contributed by atoms with van der Waals surface area (Å²) in [5.41, 5.74) is 4.53. The lowest BCUT2D eigenvalue weighted by atomic mass is 10.1. The minimum absolute atomic E-state index is 0.0938. The molecule has 0 radical (unpaired) electrons. The molecule has 5 nitrogen and oxygen atoms in total. The highest BCUT2D eigenvalue weighted by Crippen LogP contribution is 2.25. The molecule has 1 atom stereocenters. The SMILES string of the molecule is Cc1cnc([C@H]2CN(C(=O)c3ccc4c(c3)CCC4)CCO2)[nH]1. The van der Waals surface area contributed by atoms with Gasteiger partial charge in [-0.1, -0.05) is 6.07 Å². The Labute approximate surface area is 135 Å². The molecule has 1 aliphatic carbocycles. The summed E-state index contributed by atoms with van der Waals surface area (Å²) >= 11 is 0. The Morgan fingerprint density at radius 3 is 3.04 bits per heavy atom. The lowest BCUT2D eigenvalue weighted by Crippen LogP contribution is -2.42. The van der Waals surface area contributed by atoms with E-state index in [1.165, 1.54) is 17.5 Å². The van der Waals surface area contributed by atoms with Gasteiger partial charge >= 0.3 is 0 Å². The lowest BCUT2D eigenvalue weighted by molar-refractivity contribution is -0.0264. The number of aryl methyl sites for hydroxylation is 3. The van der Waals surface area contributed by atoms with E-state index in [0.29, 0.717) is 19.7 Å². The van der Waals surface area contributed by atoms with Crippen LogP contribution in [-0.2, 0) is 17.6 Å². The summed E-state index contributed by atoms with van der Waals surface area (Å²) < 4.78 is 5.78. The Kier molecular flexibility index (Phi) is 3.65. The van der Waals surface area contributed by atoms with Gasteiger partial charge in [0.25, 0.3) is 5.91 Å². The largest absolute Gasteiger partial charge is 0.367 e. The third kappa shape index (κ3) is 2.77. The fourth-order valence-electron chi connectivity index (χ4n) is 3.48. The predicted molar refractivity (Wildman–Crippen MR) is 86.4 cm³/mol. The van der Waals surface area contributed by atoms with Crippen molar-refractivity contribution in [3.05, 3.63) is 52.6 Å². The van der Waals surface area contributed by atoms with E-state index in [0.717, 1.165) is 29.9 Å². The maximum absolute atomic E-state index is 12.8. The zero-order chi connectivity index (χ0) is 15.8. The van der Waals surface area contributed by atoms with Crippen molar-refractivity contribution in [2.75, 3.05) is 19.7 Å². The molecule has 1 fully saturated rings. The molecular formula is C18H21N3O2. The van der Waals surface area contributed by atoms with Crippen molar-refractivity contribution in [2.24, 2.45) is 0 Å². The van der Waals surface area contributed by atoms with E-state index in [9.17, 15) is 4.79 Å². The predicted octanol–water partition coefficient (Wildman–Crippen LogP) is 2.42. The second-order valence-corrected chi connectivity index (χ2v) is 6.40. The molecule has 2 heterocycles. The molecule has 1 N–H and O–H groups in total. The highest BCUT2D eigenvalue weighted by Gasteiger charge is 2.28. The smallest absolute Gasteiger partial charge is 0.254 e. The van der Waals surface area contributed by atoms with Gasteiger partial charge < -0.3 is 14.6 Å². The number of morpholine rings is 1. The van der Waals surface area contributed by atoms with E-state index >= 15 is 0 Å². The summed E-state index contributed by atoms with van der Waals surface area (Å²) in [5.74, 6) is 0.894. The van der Waals surface area contributed by atoms with E-state index in [1.54, 1.807) is 6.20 Å². The summed E-state index contributed by atoms with van der Waals surface area (Å²) in [6, 6.07) is 6.16. The van der Waals surface area contributed by atoms with Gasteiger partial charge in [-0.25, -0.2) is 4.98 Å². The highest BCUT2D eigenvalue weighted by molar-refractivity contribution is 5.94. The summed E-state index contributed by atoms with van der Waals surface area (Å²) in [6.07, 6.45) is 5.05. The number of nitrogens with zero attached hydrogens (tertiary/aromatic N) is 2. The van der Waals surface area contributed by atoms with Crippen molar-refractivity contribution >= 4 is 5.91 Å². The Bertz CT molecular complexity index is 738. The molecule has 23 heavy (non-hydrogen) atoms. The molecule has 0 bridgehead atoms. The number of aromatic nitrogens is 2. The summed E-state index contributed by atoms with van der Waals surface area (Å²) in [7, 11) is 0. The Balaban J connectivity index is 1.51. The normalized spacial score (nSPS) is 20.6. The van der Waals surface area contributed by atoms with Crippen molar-refractivity contribution in [1.82, 2.24) is 14.9 Å². The van der Waals surface area contributed by atoms with Gasteiger partial charge in [-0.05, 0) is 49.4 Å². The average molecular weight is 311 g/mol. The van der Waals surface area contributed by atoms with Crippen LogP contribution in [0.2, 0.25) is 0 Å². The molecule has 1 aromatic heterocycles. The van der Waals surface area contributed by atoms with Crippen LogP contribution >= 0.6 is 0 Å². The standard InChI is InChI=1S/C18H21N3O2/c1-12-10-19-17(20-12)16-11-21(7-8-23-16)18(22)15-6-5-13-3-2-4-14(13)9-15/h5-6,9-10,16H,2-4,7-8,11H2,1H3,(H,19,20)/t16-/m1/s1. The first kappa shape index (κ1) is 14.5. The number of carbonyl (C=O) groups excluding carboxylic acids is 1. The third-order valence-corrected chi connectivity index (χ3v) is 4.73. The van der Waals surface area contributed by atoms with E-state index < -0.39 is 0 Å². The number of nitrogens with one attached hydrogen (secondary N) is 1. The Morgan fingerprint density at radius 2 is 2.22 bits per heavy atom. The number of ether oxygens (including phenoxy) is 1. The van der Waals surface area contributed by atoms with Gasteiger partial charge in [-0.2, -0.15) is 0 Å². The van der Waals surface area contributed by atoms with Crippen molar-refractivity contribution in [2.45, 2.75) is 32.3 Å². The van der Waals surface area contributed by atoms with E-state index in [2.05, 4.69) is 22.1 Å². The molecular weight excluding hydrogens is 290 g/mol. The third-order valence-electron chi connectivity index (χ3n) is 4.73. The molecule has 5 heteroatoms. The number of hydrogen-bond donors (Lipinski definition) is 1. The molecule has 0 saturated carbocycles. The van der Waals surface area contributed by atoms with Crippen molar-refractivity contribution < 1.29 is 9.53 Å². The molecule has 120 valence electrons. The molecule has 0 spiro atoms. The van der Waals surface area contributed by atoms with Crippen LogP contribution in [0.4, 0.5) is 0 Å². The molecule has 2 aromatic rings. The number of rotatable bonds is 2. The number of fused-ring (bicyclic) bond motifs is 1. The molecule has 1 aliphatic heterocycles. The number of imidazole rings is 1. The number of amides is 1. The van der Waals surface area contributed by atoms with Gasteiger partial charge in [-0.3, -0.25) is 4.79 Å². The second-order valence-electron chi connectivity index (χ2n) is 6.40. The minimum atomic E-state index is -0.171. The number of benzene rings is 1. The fourth-order valence-corrected chi connectivity index (χ4v) is 3.48. The zero-order valence-electron chi connectivity index (χ0n) is 13.3. The molecule has 1 amide bonds. The maximum Gasteiger partial charge on any atom is 0.254 e. The summed E-state index contributed by atoms with van der Waals surface area (Å²) in [4.78, 5) is 22.2. The van der Waals surface area contributed by atoms with Crippen LogP contribution in [0.25, 0.3) is 0 Å². The maximum atomic E-state index is 12.8. The molecule has 1 saturated heterocycles. The first-order valence-corrected chi connectivity index (χ1v) is 8.25. The van der Waals surface area contributed by atoms with Crippen LogP contribution in [0.1, 0.15) is 45.5 Å². The van der Waals surface area contributed by atoms with Gasteiger partial charge in [-0.15, -0.1) is 0 Å². The van der Waals surface area contributed by atoms with Gasteiger partial charge in [0.15, 0.2) is 0 Å². The second kappa shape index (κ2) is 5.81. The Morgan fingerprint density at radius 1 is 1.35 bits per heavy atom. The van der Waals surface area contributed by atoms with Crippen molar-refractivity contribution in [3.63, 3.8) is 0 Å². The monoisotopic (exact) mass is 311 g/mol. The van der Waals surface area contributed by atoms with Gasteiger partial charge in [0.05, 0.1) is 13.2 Å². The number of aromatic amines is 1. The molecule has 0 unspecified atom stereocenters. The quantitative estimate of drug-likeness (QED) is 0.926. The topological polar surface area (TPSA) is 58.2 Å². The van der Waals surface area contributed by atoms with Crippen molar-refractivity contribution in [1.29, 1.82) is 0 Å². The van der Waals surface area contributed by atoms with Gasteiger partial charge in [0, 0.05) is 24.0 Å². The summed E-state index contributed by atoms with van der Waals surface area (Å²) in [5, 5.41) is 0. The fraction of sp³-hybridized carbons (Fsp3) is 0.444. The zero-order valence-corrected chi connectivity index (χ0v) is 13.3.